The van der Waals surface area contributed by atoms with Crippen molar-refractivity contribution in [1.82, 2.24) is 0 Å². The summed E-state index contributed by atoms with van der Waals surface area (Å²) >= 11 is 0. The third kappa shape index (κ3) is 4.16. The van der Waals surface area contributed by atoms with E-state index in [1.807, 2.05) is 0 Å². The Morgan fingerprint density at radius 3 is 1.20 bits per heavy atom. The second kappa shape index (κ2) is 11.2. The van der Waals surface area contributed by atoms with E-state index in [0.29, 0.717) is 49.0 Å². The highest BCUT2D eigenvalue weighted by Crippen LogP contribution is 2.62. The first-order chi connectivity index (χ1) is 26.3. The predicted octanol–water partition coefficient (Wildman–Crippen LogP) is 8.51. The fourth-order valence-corrected chi connectivity index (χ4v) is 7.74. The number of furan rings is 1. The van der Waals surface area contributed by atoms with Crippen LogP contribution >= 0.6 is 0 Å². The first-order valence-corrected chi connectivity index (χ1v) is 16.5. The number of hydrogen-bond acceptors (Lipinski definition) is 13. The van der Waals surface area contributed by atoms with Crippen LogP contribution in [-0.4, -0.2) is 61.3 Å². The van der Waals surface area contributed by atoms with E-state index < -0.39 is 85.3 Å². The molecule has 0 fully saturated rings. The van der Waals surface area contributed by atoms with Crippen molar-refractivity contribution in [3.63, 3.8) is 0 Å². The van der Waals surface area contributed by atoms with Gasteiger partial charge in [-0.2, -0.15) is 0 Å². The van der Waals surface area contributed by atoms with Gasteiger partial charge in [0.25, 0.3) is 0 Å². The van der Waals surface area contributed by atoms with E-state index in [-0.39, 0.29) is 22.3 Å². The summed E-state index contributed by atoms with van der Waals surface area (Å²) in [7, 11) is 0. The van der Waals surface area contributed by atoms with Crippen LogP contribution in [0.5, 0.6) is 69.0 Å². The van der Waals surface area contributed by atoms with Crippen molar-refractivity contribution < 1.29 is 65.7 Å². The second-order valence-electron chi connectivity index (χ2n) is 13.0. The number of fused-ring (bicyclic) bond motifs is 6. The maximum atomic E-state index is 11.5. The Labute approximate surface area is 306 Å². The molecule has 0 amide bonds. The number of phenolic OH excluding ortho intramolecular Hbond substituents is 12. The van der Waals surface area contributed by atoms with Gasteiger partial charge in [0.2, 0.25) is 34.5 Å². The van der Waals surface area contributed by atoms with Crippen LogP contribution in [0.2, 0.25) is 0 Å². The lowest BCUT2D eigenvalue weighted by Gasteiger charge is -2.22. The summed E-state index contributed by atoms with van der Waals surface area (Å²) in [6.45, 7) is 0. The van der Waals surface area contributed by atoms with Gasteiger partial charge in [-0.1, -0.05) is 72.8 Å². The van der Waals surface area contributed by atoms with E-state index in [4.69, 9.17) is 4.42 Å². The van der Waals surface area contributed by atoms with Crippen LogP contribution in [0, 0.1) is 0 Å². The van der Waals surface area contributed by atoms with Gasteiger partial charge < -0.3 is 65.7 Å². The largest absolute Gasteiger partial charge is 0.504 e. The number of aromatic hydroxyl groups is 12. The molecule has 55 heavy (non-hydrogen) atoms. The van der Waals surface area contributed by atoms with Crippen molar-refractivity contribution in [1.29, 1.82) is 0 Å². The maximum absolute atomic E-state index is 11.5. The van der Waals surface area contributed by atoms with Crippen LogP contribution in [0.25, 0.3) is 87.6 Å². The van der Waals surface area contributed by atoms with Crippen molar-refractivity contribution in [2.24, 2.45) is 0 Å². The molecular formula is C42H26O13. The van der Waals surface area contributed by atoms with Gasteiger partial charge in [-0.05, 0) is 44.8 Å². The Hall–Kier alpha value is -8.06. The van der Waals surface area contributed by atoms with E-state index >= 15 is 0 Å². The SMILES string of the molecule is Oc1c(O)c(O)c(-c2ccc(-c3c4ccccc4c(-c4c(O)c(O)c(O)c5c(O)c(O)c(O)c(O)c45)c4ccccc34)c3c2oc2ccccc23)c(O)c1O. The number of hydrogen-bond donors (Lipinski definition) is 12. The van der Waals surface area contributed by atoms with Gasteiger partial charge in [-0.25, -0.2) is 0 Å². The van der Waals surface area contributed by atoms with Gasteiger partial charge in [0, 0.05) is 32.8 Å². The van der Waals surface area contributed by atoms with Gasteiger partial charge in [0.15, 0.2) is 34.5 Å². The molecule has 9 aromatic rings. The summed E-state index contributed by atoms with van der Waals surface area (Å²) in [5.74, 6) is -12.5. The quantitative estimate of drug-likeness (QED) is 0.0462. The monoisotopic (exact) mass is 738 g/mol. The molecule has 0 unspecified atom stereocenters. The molecule has 1 aromatic heterocycles. The van der Waals surface area contributed by atoms with Crippen LogP contribution in [-0.2, 0) is 0 Å². The topological polar surface area (TPSA) is 256 Å². The Morgan fingerprint density at radius 1 is 0.273 bits per heavy atom. The zero-order valence-electron chi connectivity index (χ0n) is 27.9. The Kier molecular flexibility index (Phi) is 6.69. The van der Waals surface area contributed by atoms with Crippen molar-refractivity contribution in [3.05, 3.63) is 84.9 Å². The zero-order chi connectivity index (χ0) is 38.8. The molecule has 9 rings (SSSR count). The van der Waals surface area contributed by atoms with Crippen LogP contribution in [0.1, 0.15) is 0 Å². The van der Waals surface area contributed by atoms with Crippen molar-refractivity contribution in [2.45, 2.75) is 0 Å². The molecule has 0 aliphatic heterocycles. The molecule has 0 bridgehead atoms. The number of para-hydroxylation sites is 1. The molecule has 0 spiro atoms. The fourth-order valence-electron chi connectivity index (χ4n) is 7.74. The molecule has 272 valence electrons. The lowest BCUT2D eigenvalue weighted by Crippen LogP contribution is -1.94. The van der Waals surface area contributed by atoms with E-state index in [2.05, 4.69) is 0 Å². The third-order valence-corrected chi connectivity index (χ3v) is 10.2. The number of phenols is 12. The molecule has 0 aliphatic carbocycles. The van der Waals surface area contributed by atoms with Crippen LogP contribution in [0.4, 0.5) is 0 Å². The fraction of sp³-hybridized carbons (Fsp3) is 0. The highest BCUT2D eigenvalue weighted by Gasteiger charge is 2.32. The standard InChI is InChI=1S/C42H26O13/c43-30-26(31(44)38(51)41(54)37(30)50)21-14-13-20(25-19-11-5-6-12-22(19)55-42(21)25)23-15-7-1-3-9-17(15)24(18-10-4-2-8-16(18)23)27-28-29(34(47)36(49)32(27)45)35(48)40(53)39(52)33(28)46/h1-14,43-54H. The second-order valence-corrected chi connectivity index (χ2v) is 13.0. The number of rotatable bonds is 3. The summed E-state index contributed by atoms with van der Waals surface area (Å²) in [5, 5.41) is 131. The lowest BCUT2D eigenvalue weighted by molar-refractivity contribution is 0.330. The van der Waals surface area contributed by atoms with E-state index in [0.717, 1.165) is 0 Å². The van der Waals surface area contributed by atoms with E-state index in [1.54, 1.807) is 78.9 Å². The molecule has 0 aliphatic rings. The molecule has 13 nitrogen and oxygen atoms in total. The maximum Gasteiger partial charge on any atom is 0.208 e. The zero-order valence-corrected chi connectivity index (χ0v) is 27.9. The molecule has 13 heteroatoms. The van der Waals surface area contributed by atoms with Crippen molar-refractivity contribution in [2.75, 3.05) is 0 Å². The molecule has 0 radical (unpaired) electrons. The van der Waals surface area contributed by atoms with Gasteiger partial charge in [-0.15, -0.1) is 0 Å². The Morgan fingerprint density at radius 2 is 0.655 bits per heavy atom. The molecule has 0 saturated heterocycles. The molecule has 12 N–H and O–H groups in total. The summed E-state index contributed by atoms with van der Waals surface area (Å²) in [4.78, 5) is 0. The molecule has 1 heterocycles. The minimum Gasteiger partial charge on any atom is -0.504 e. The van der Waals surface area contributed by atoms with Gasteiger partial charge in [0.05, 0.1) is 10.9 Å². The van der Waals surface area contributed by atoms with Crippen LogP contribution < -0.4 is 0 Å². The van der Waals surface area contributed by atoms with Gasteiger partial charge in [0.1, 0.15) is 11.2 Å². The normalized spacial score (nSPS) is 11.8. The summed E-state index contributed by atoms with van der Waals surface area (Å²) in [6, 6.07) is 24.0. The van der Waals surface area contributed by atoms with Crippen molar-refractivity contribution in [3.8, 4) is 102 Å². The molecule has 0 atom stereocenters. The lowest BCUT2D eigenvalue weighted by atomic mass is 9.82. The van der Waals surface area contributed by atoms with E-state index in [9.17, 15) is 61.3 Å². The van der Waals surface area contributed by atoms with Gasteiger partial charge in [-0.3, -0.25) is 0 Å². The summed E-state index contributed by atoms with van der Waals surface area (Å²) in [5.41, 5.74) is 1.21. The number of benzene rings is 8. The average Bonchev–Trinajstić information content (AvgIpc) is 3.59. The molecule has 0 saturated carbocycles. The Bertz CT molecular complexity index is 3090. The predicted molar refractivity (Wildman–Crippen MR) is 203 cm³/mol. The average molecular weight is 739 g/mol. The Balaban J connectivity index is 1.47. The third-order valence-electron chi connectivity index (χ3n) is 10.2. The minimum atomic E-state index is -1.17. The molecular weight excluding hydrogens is 712 g/mol. The molecule has 8 aromatic carbocycles. The van der Waals surface area contributed by atoms with Crippen LogP contribution in [0.15, 0.2) is 89.3 Å². The van der Waals surface area contributed by atoms with Crippen LogP contribution in [0.3, 0.4) is 0 Å². The highest BCUT2D eigenvalue weighted by molar-refractivity contribution is 6.29. The summed E-state index contributed by atoms with van der Waals surface area (Å²) in [6.07, 6.45) is 0. The highest BCUT2D eigenvalue weighted by atomic mass is 16.4. The first kappa shape index (κ1) is 32.8. The smallest absolute Gasteiger partial charge is 0.208 e. The van der Waals surface area contributed by atoms with Gasteiger partial charge >= 0.3 is 0 Å². The van der Waals surface area contributed by atoms with E-state index in [1.165, 1.54) is 6.07 Å². The first-order valence-electron chi connectivity index (χ1n) is 16.5. The summed E-state index contributed by atoms with van der Waals surface area (Å²) < 4.78 is 6.34. The minimum absolute atomic E-state index is 0.0510. The van der Waals surface area contributed by atoms with Crippen molar-refractivity contribution >= 4 is 54.3 Å².